The molecule has 2 aromatic carbocycles. The number of carbonyl (C=O) groups is 1. The van der Waals surface area contributed by atoms with Crippen LogP contribution in [-0.2, 0) is 6.42 Å². The third-order valence-electron chi connectivity index (χ3n) is 3.89. The van der Waals surface area contributed by atoms with E-state index < -0.39 is 0 Å². The van der Waals surface area contributed by atoms with Crippen LogP contribution in [0.5, 0.6) is 5.75 Å². The fourth-order valence-corrected chi connectivity index (χ4v) is 2.75. The Morgan fingerprint density at radius 1 is 1.15 bits per heavy atom. The van der Waals surface area contributed by atoms with Gasteiger partial charge in [0.15, 0.2) is 0 Å². The molecule has 0 bridgehead atoms. The zero-order valence-corrected chi connectivity index (χ0v) is 11.5. The highest BCUT2D eigenvalue weighted by atomic mass is 16.3. The summed E-state index contributed by atoms with van der Waals surface area (Å²) in [5, 5.41) is 9.77. The van der Waals surface area contributed by atoms with E-state index in [2.05, 4.69) is 6.07 Å². The number of phenols is 1. The molecule has 0 saturated heterocycles. The van der Waals surface area contributed by atoms with Crippen LogP contribution in [0.2, 0.25) is 0 Å². The largest absolute Gasteiger partial charge is 0.508 e. The van der Waals surface area contributed by atoms with E-state index in [4.69, 9.17) is 0 Å². The zero-order chi connectivity index (χ0) is 14.1. The van der Waals surface area contributed by atoms with Crippen LogP contribution in [-0.4, -0.2) is 17.6 Å². The molecular formula is C17H17NO2. The number of rotatable bonds is 1. The highest BCUT2D eigenvalue weighted by molar-refractivity contribution is 6.08. The van der Waals surface area contributed by atoms with Crippen molar-refractivity contribution in [2.45, 2.75) is 19.8 Å². The Balaban J connectivity index is 2.02. The number of benzene rings is 2. The normalized spacial score (nSPS) is 13.9. The van der Waals surface area contributed by atoms with Crippen LogP contribution in [0, 0.1) is 6.92 Å². The number of para-hydroxylation sites is 1. The average Bonchev–Trinajstić information content (AvgIpc) is 2.49. The molecule has 2 aromatic rings. The number of phenolic OH excluding ortho intramolecular Hbond substituents is 1. The predicted molar refractivity (Wildman–Crippen MR) is 79.3 cm³/mol. The van der Waals surface area contributed by atoms with E-state index in [1.54, 1.807) is 25.1 Å². The van der Waals surface area contributed by atoms with E-state index in [1.165, 1.54) is 5.56 Å². The molecule has 0 atom stereocenters. The summed E-state index contributed by atoms with van der Waals surface area (Å²) in [6, 6.07) is 13.1. The van der Waals surface area contributed by atoms with Crippen LogP contribution < -0.4 is 4.90 Å². The first-order valence-electron chi connectivity index (χ1n) is 6.87. The molecule has 0 aromatic heterocycles. The molecule has 0 radical (unpaired) electrons. The third kappa shape index (κ3) is 2.05. The van der Waals surface area contributed by atoms with Crippen molar-refractivity contribution in [2.75, 3.05) is 11.4 Å². The molecule has 0 aliphatic carbocycles. The first-order valence-corrected chi connectivity index (χ1v) is 6.87. The Morgan fingerprint density at radius 3 is 2.80 bits per heavy atom. The van der Waals surface area contributed by atoms with Gasteiger partial charge in [0.2, 0.25) is 0 Å². The van der Waals surface area contributed by atoms with Gasteiger partial charge in [-0.15, -0.1) is 0 Å². The number of anilines is 1. The van der Waals surface area contributed by atoms with Gasteiger partial charge in [-0.3, -0.25) is 4.79 Å². The van der Waals surface area contributed by atoms with Gasteiger partial charge in [-0.05, 0) is 43.5 Å². The van der Waals surface area contributed by atoms with E-state index >= 15 is 0 Å². The minimum atomic E-state index is -0.0365. The van der Waals surface area contributed by atoms with Gasteiger partial charge in [0.1, 0.15) is 5.75 Å². The van der Waals surface area contributed by atoms with Crippen LogP contribution in [0.1, 0.15) is 27.9 Å². The van der Waals surface area contributed by atoms with Crippen LogP contribution in [0.25, 0.3) is 0 Å². The van der Waals surface area contributed by atoms with Crippen molar-refractivity contribution in [3.8, 4) is 5.75 Å². The lowest BCUT2D eigenvalue weighted by Crippen LogP contribution is -2.35. The van der Waals surface area contributed by atoms with Gasteiger partial charge in [-0.2, -0.15) is 0 Å². The van der Waals surface area contributed by atoms with Crippen LogP contribution in [0.15, 0.2) is 42.5 Å². The summed E-state index contributed by atoms with van der Waals surface area (Å²) in [7, 11) is 0. The lowest BCUT2D eigenvalue weighted by molar-refractivity contribution is 0.0984. The molecular weight excluding hydrogens is 250 g/mol. The first-order chi connectivity index (χ1) is 9.68. The Bertz CT molecular complexity index is 664. The van der Waals surface area contributed by atoms with Gasteiger partial charge in [0, 0.05) is 23.4 Å². The van der Waals surface area contributed by atoms with E-state index in [9.17, 15) is 9.90 Å². The molecule has 1 heterocycles. The number of fused-ring (bicyclic) bond motifs is 1. The monoisotopic (exact) mass is 267 g/mol. The molecule has 1 amide bonds. The summed E-state index contributed by atoms with van der Waals surface area (Å²) >= 11 is 0. The average molecular weight is 267 g/mol. The highest BCUT2D eigenvalue weighted by Crippen LogP contribution is 2.29. The molecule has 20 heavy (non-hydrogen) atoms. The van der Waals surface area contributed by atoms with Crippen LogP contribution >= 0.6 is 0 Å². The number of carbonyl (C=O) groups excluding carboxylic acids is 1. The molecule has 1 N–H and O–H groups in total. The standard InChI is InChI=1S/C17H17NO2/c1-12-14(8-4-10-16(12)19)17(20)18-11-5-7-13-6-2-3-9-15(13)18/h2-4,6,8-10,19H,5,7,11H2,1H3. The molecule has 0 spiro atoms. The van der Waals surface area contributed by atoms with Gasteiger partial charge < -0.3 is 10.0 Å². The molecule has 0 saturated carbocycles. The summed E-state index contributed by atoms with van der Waals surface area (Å²) < 4.78 is 0. The van der Waals surface area contributed by atoms with Gasteiger partial charge in [-0.25, -0.2) is 0 Å². The number of aromatic hydroxyl groups is 1. The number of hydrogen-bond acceptors (Lipinski definition) is 2. The van der Waals surface area contributed by atoms with E-state index in [0.29, 0.717) is 11.1 Å². The third-order valence-corrected chi connectivity index (χ3v) is 3.89. The summed E-state index contributed by atoms with van der Waals surface area (Å²) in [5.41, 5.74) is 3.42. The fraction of sp³-hybridized carbons (Fsp3) is 0.235. The molecule has 1 aliphatic rings. The van der Waals surface area contributed by atoms with Crippen molar-refractivity contribution in [1.82, 2.24) is 0 Å². The lowest BCUT2D eigenvalue weighted by atomic mass is 9.99. The minimum absolute atomic E-state index is 0.0365. The van der Waals surface area contributed by atoms with Crippen molar-refractivity contribution in [3.05, 3.63) is 59.2 Å². The fourth-order valence-electron chi connectivity index (χ4n) is 2.75. The van der Waals surface area contributed by atoms with E-state index in [1.807, 2.05) is 23.1 Å². The second-order valence-electron chi connectivity index (χ2n) is 5.14. The van der Waals surface area contributed by atoms with Gasteiger partial charge >= 0.3 is 0 Å². The number of amides is 1. The Morgan fingerprint density at radius 2 is 1.95 bits per heavy atom. The van der Waals surface area contributed by atoms with E-state index in [0.717, 1.165) is 25.1 Å². The maximum absolute atomic E-state index is 12.8. The minimum Gasteiger partial charge on any atom is -0.508 e. The second-order valence-corrected chi connectivity index (χ2v) is 5.14. The number of aryl methyl sites for hydroxylation is 1. The van der Waals surface area contributed by atoms with Gasteiger partial charge in [-0.1, -0.05) is 24.3 Å². The molecule has 102 valence electrons. The van der Waals surface area contributed by atoms with Crippen molar-refractivity contribution < 1.29 is 9.90 Å². The SMILES string of the molecule is Cc1c(O)cccc1C(=O)N1CCCc2ccccc21. The van der Waals surface area contributed by atoms with Crippen molar-refractivity contribution in [3.63, 3.8) is 0 Å². The summed E-state index contributed by atoms with van der Waals surface area (Å²) in [6.45, 7) is 2.50. The smallest absolute Gasteiger partial charge is 0.258 e. The molecule has 0 unspecified atom stereocenters. The molecule has 0 fully saturated rings. The maximum Gasteiger partial charge on any atom is 0.258 e. The molecule has 3 rings (SSSR count). The lowest BCUT2D eigenvalue weighted by Gasteiger charge is -2.30. The second kappa shape index (κ2) is 5.00. The van der Waals surface area contributed by atoms with Crippen molar-refractivity contribution in [2.24, 2.45) is 0 Å². The zero-order valence-electron chi connectivity index (χ0n) is 11.5. The number of nitrogens with zero attached hydrogens (tertiary/aromatic N) is 1. The van der Waals surface area contributed by atoms with E-state index in [-0.39, 0.29) is 11.7 Å². The number of hydrogen-bond donors (Lipinski definition) is 1. The van der Waals surface area contributed by atoms with Gasteiger partial charge in [0.05, 0.1) is 0 Å². The maximum atomic E-state index is 12.8. The summed E-state index contributed by atoms with van der Waals surface area (Å²) in [4.78, 5) is 14.6. The Hall–Kier alpha value is -2.29. The van der Waals surface area contributed by atoms with Crippen LogP contribution in [0.3, 0.4) is 0 Å². The predicted octanol–water partition coefficient (Wildman–Crippen LogP) is 3.29. The Kier molecular flexibility index (Phi) is 3.18. The molecule has 3 heteroatoms. The summed E-state index contributed by atoms with van der Waals surface area (Å²) in [6.07, 6.45) is 1.99. The van der Waals surface area contributed by atoms with Gasteiger partial charge in [0.25, 0.3) is 5.91 Å². The molecule has 1 aliphatic heterocycles. The van der Waals surface area contributed by atoms with Crippen molar-refractivity contribution >= 4 is 11.6 Å². The highest BCUT2D eigenvalue weighted by Gasteiger charge is 2.24. The van der Waals surface area contributed by atoms with Crippen molar-refractivity contribution in [1.29, 1.82) is 0 Å². The first kappa shape index (κ1) is 12.7. The quantitative estimate of drug-likeness (QED) is 0.861. The molecule has 3 nitrogen and oxygen atoms in total. The summed E-state index contributed by atoms with van der Waals surface area (Å²) in [5.74, 6) is 0.131. The Labute approximate surface area is 118 Å². The topological polar surface area (TPSA) is 40.5 Å². The van der Waals surface area contributed by atoms with Crippen LogP contribution in [0.4, 0.5) is 5.69 Å².